The molecule has 0 aliphatic rings. The molecule has 0 aliphatic heterocycles. The van der Waals surface area contributed by atoms with Gasteiger partial charge in [0.05, 0.1) is 0 Å². The van der Waals surface area contributed by atoms with Gasteiger partial charge in [0.1, 0.15) is 0 Å². The lowest BCUT2D eigenvalue weighted by atomic mass is 10.5. The molecule has 9 heavy (non-hydrogen) atoms. The van der Waals surface area contributed by atoms with Crippen LogP contribution in [0.5, 0.6) is 0 Å². The van der Waals surface area contributed by atoms with E-state index in [2.05, 4.69) is 18.5 Å². The summed E-state index contributed by atoms with van der Waals surface area (Å²) in [6.45, 7) is 8.81. The fraction of sp³-hybridized carbons (Fsp3) is 0.333. The first kappa shape index (κ1) is 15.9. The summed E-state index contributed by atoms with van der Waals surface area (Å²) in [6.07, 6.45) is 3.65. The SMILES string of the molecule is C=CCNCC=C.Cl.N. The van der Waals surface area contributed by atoms with E-state index in [-0.39, 0.29) is 18.6 Å². The summed E-state index contributed by atoms with van der Waals surface area (Å²) in [7, 11) is 0. The van der Waals surface area contributed by atoms with Gasteiger partial charge in [-0.1, -0.05) is 12.2 Å². The monoisotopic (exact) mass is 150 g/mol. The zero-order valence-electron chi connectivity index (χ0n) is 5.60. The van der Waals surface area contributed by atoms with E-state index in [0.29, 0.717) is 0 Å². The molecule has 0 aromatic carbocycles. The maximum atomic E-state index is 3.54. The third-order valence-electron chi connectivity index (χ3n) is 0.577. The molecule has 0 aromatic rings. The molecule has 2 nitrogen and oxygen atoms in total. The molecule has 0 aliphatic carbocycles. The maximum Gasteiger partial charge on any atom is 0.0135 e. The van der Waals surface area contributed by atoms with Crippen molar-refractivity contribution in [1.82, 2.24) is 11.5 Å². The van der Waals surface area contributed by atoms with E-state index in [0.717, 1.165) is 13.1 Å². The van der Waals surface area contributed by atoms with Crippen LogP contribution in [0.3, 0.4) is 0 Å². The highest BCUT2D eigenvalue weighted by molar-refractivity contribution is 5.85. The second-order valence-corrected chi connectivity index (χ2v) is 1.24. The molecule has 0 aromatic heterocycles. The molecule has 3 heteroatoms. The Hall–Kier alpha value is -0.310. The molecule has 0 rings (SSSR count). The minimum atomic E-state index is 0. The lowest BCUT2D eigenvalue weighted by Crippen LogP contribution is -2.11. The summed E-state index contributed by atoms with van der Waals surface area (Å²) in [4.78, 5) is 0. The van der Waals surface area contributed by atoms with Gasteiger partial charge in [-0.2, -0.15) is 0 Å². The first-order chi connectivity index (χ1) is 3.41. The van der Waals surface area contributed by atoms with Crippen LogP contribution in [0.2, 0.25) is 0 Å². The van der Waals surface area contributed by atoms with Crippen molar-refractivity contribution < 1.29 is 0 Å². The van der Waals surface area contributed by atoms with Crippen LogP contribution in [-0.2, 0) is 0 Å². The number of nitrogens with one attached hydrogen (secondary N) is 1. The maximum absolute atomic E-state index is 3.54. The van der Waals surface area contributed by atoms with Crippen molar-refractivity contribution >= 4 is 12.4 Å². The number of hydrogen-bond donors (Lipinski definition) is 2. The van der Waals surface area contributed by atoms with Crippen LogP contribution < -0.4 is 11.5 Å². The van der Waals surface area contributed by atoms with Crippen molar-refractivity contribution in [2.75, 3.05) is 13.1 Å². The number of halogens is 1. The van der Waals surface area contributed by atoms with Gasteiger partial charge in [-0.05, 0) is 0 Å². The minimum absolute atomic E-state index is 0. The van der Waals surface area contributed by atoms with Gasteiger partial charge in [0.15, 0.2) is 0 Å². The molecule has 0 unspecified atom stereocenters. The first-order valence-corrected chi connectivity index (χ1v) is 2.34. The lowest BCUT2D eigenvalue weighted by Gasteiger charge is -1.90. The normalized spacial score (nSPS) is 6.22. The van der Waals surface area contributed by atoms with Gasteiger partial charge in [-0.25, -0.2) is 0 Å². The van der Waals surface area contributed by atoms with E-state index in [1.165, 1.54) is 0 Å². The second-order valence-electron chi connectivity index (χ2n) is 1.24. The van der Waals surface area contributed by atoms with Crippen molar-refractivity contribution in [3.63, 3.8) is 0 Å². The highest BCUT2D eigenvalue weighted by Crippen LogP contribution is 1.59. The van der Waals surface area contributed by atoms with E-state index in [1.54, 1.807) is 0 Å². The fourth-order valence-electron chi connectivity index (χ4n) is 0.287. The Labute approximate surface area is 63.0 Å². The average Bonchev–Trinajstić information content (AvgIpc) is 1.69. The van der Waals surface area contributed by atoms with Crippen LogP contribution in [0.1, 0.15) is 0 Å². The van der Waals surface area contributed by atoms with Crippen molar-refractivity contribution in [2.24, 2.45) is 0 Å². The smallest absolute Gasteiger partial charge is 0.0135 e. The van der Waals surface area contributed by atoms with Gasteiger partial charge in [0, 0.05) is 13.1 Å². The van der Waals surface area contributed by atoms with Gasteiger partial charge in [-0.15, -0.1) is 25.6 Å². The van der Waals surface area contributed by atoms with Crippen molar-refractivity contribution in [3.05, 3.63) is 25.3 Å². The summed E-state index contributed by atoms with van der Waals surface area (Å²) in [5.41, 5.74) is 0. The van der Waals surface area contributed by atoms with Gasteiger partial charge in [0.2, 0.25) is 0 Å². The largest absolute Gasteiger partial charge is 0.344 e. The van der Waals surface area contributed by atoms with Gasteiger partial charge < -0.3 is 11.5 Å². The van der Waals surface area contributed by atoms with Gasteiger partial charge in [0.25, 0.3) is 0 Å². The minimum Gasteiger partial charge on any atom is -0.344 e. The molecule has 4 N–H and O–H groups in total. The van der Waals surface area contributed by atoms with Crippen LogP contribution in [-0.4, -0.2) is 13.1 Å². The van der Waals surface area contributed by atoms with Crippen LogP contribution >= 0.6 is 12.4 Å². The van der Waals surface area contributed by atoms with E-state index in [1.807, 2.05) is 12.2 Å². The zero-order valence-corrected chi connectivity index (χ0v) is 6.41. The molecule has 0 atom stereocenters. The zero-order chi connectivity index (χ0) is 5.54. The first-order valence-electron chi connectivity index (χ1n) is 2.34. The molecule has 0 bridgehead atoms. The summed E-state index contributed by atoms with van der Waals surface area (Å²) >= 11 is 0. The van der Waals surface area contributed by atoms with E-state index < -0.39 is 0 Å². The standard InChI is InChI=1S/C6H11N.ClH.H3N/c1-3-5-7-6-4-2;;/h3-4,7H,1-2,5-6H2;1H;1H3. The highest BCUT2D eigenvalue weighted by atomic mass is 35.5. The Balaban J connectivity index is -0.000000180. The van der Waals surface area contributed by atoms with Gasteiger partial charge >= 0.3 is 0 Å². The van der Waals surface area contributed by atoms with Crippen molar-refractivity contribution in [1.29, 1.82) is 0 Å². The van der Waals surface area contributed by atoms with E-state index in [4.69, 9.17) is 0 Å². The Bertz CT molecular complexity index is 56.1. The molecule has 0 radical (unpaired) electrons. The Kier molecular flexibility index (Phi) is 27.6. The summed E-state index contributed by atoms with van der Waals surface area (Å²) < 4.78 is 0. The predicted molar refractivity (Wildman–Crippen MR) is 45.5 cm³/mol. The van der Waals surface area contributed by atoms with Crippen LogP contribution in [0.15, 0.2) is 25.3 Å². The van der Waals surface area contributed by atoms with Crippen molar-refractivity contribution in [2.45, 2.75) is 0 Å². The average molecular weight is 151 g/mol. The molecule has 0 fully saturated rings. The van der Waals surface area contributed by atoms with Crippen LogP contribution in [0.25, 0.3) is 0 Å². The number of rotatable bonds is 4. The topological polar surface area (TPSA) is 47.0 Å². The summed E-state index contributed by atoms with van der Waals surface area (Å²) in [5, 5.41) is 3.05. The lowest BCUT2D eigenvalue weighted by molar-refractivity contribution is 0.845. The predicted octanol–water partition coefficient (Wildman–Crippen LogP) is 1.53. The van der Waals surface area contributed by atoms with Crippen LogP contribution in [0.4, 0.5) is 0 Å². The molecule has 0 saturated carbocycles. The summed E-state index contributed by atoms with van der Waals surface area (Å²) in [5.74, 6) is 0. The van der Waals surface area contributed by atoms with E-state index in [9.17, 15) is 0 Å². The Morgan fingerprint density at radius 2 is 1.44 bits per heavy atom. The fourth-order valence-corrected chi connectivity index (χ4v) is 0.287. The molecule has 0 spiro atoms. The third kappa shape index (κ3) is 18.3. The molecular weight excluding hydrogens is 136 g/mol. The second kappa shape index (κ2) is 15.6. The highest BCUT2D eigenvalue weighted by Gasteiger charge is 1.69. The quantitative estimate of drug-likeness (QED) is 0.472. The molecule has 56 valence electrons. The number of hydrogen-bond acceptors (Lipinski definition) is 2. The van der Waals surface area contributed by atoms with Crippen molar-refractivity contribution in [3.8, 4) is 0 Å². The molecule has 0 saturated heterocycles. The Morgan fingerprint density at radius 1 is 1.11 bits per heavy atom. The van der Waals surface area contributed by atoms with Crippen LogP contribution in [0, 0.1) is 0 Å². The molecule has 0 heterocycles. The molecule has 0 amide bonds. The van der Waals surface area contributed by atoms with Gasteiger partial charge in [-0.3, -0.25) is 0 Å². The summed E-state index contributed by atoms with van der Waals surface area (Å²) in [6, 6.07) is 0. The third-order valence-corrected chi connectivity index (χ3v) is 0.577. The molecular formula is C6H15ClN2. The van der Waals surface area contributed by atoms with E-state index >= 15 is 0 Å². The Morgan fingerprint density at radius 3 is 1.67 bits per heavy atom.